The van der Waals surface area contributed by atoms with E-state index in [1.54, 1.807) is 17.9 Å². The van der Waals surface area contributed by atoms with Crippen molar-refractivity contribution in [2.75, 3.05) is 30.3 Å². The zero-order chi connectivity index (χ0) is 35.9. The minimum Gasteiger partial charge on any atom is -0.352 e. The van der Waals surface area contributed by atoms with Crippen LogP contribution in [0.1, 0.15) is 63.9 Å². The van der Waals surface area contributed by atoms with Crippen molar-refractivity contribution in [3.05, 3.63) is 113 Å². The molecule has 1 unspecified atom stereocenters. The molecule has 0 spiro atoms. The molecule has 4 aromatic carbocycles. The Hall–Kier alpha value is -5.39. The smallest absolute Gasteiger partial charge is 0.274 e. The fourth-order valence-electron chi connectivity index (χ4n) is 6.85. The third-order valence-electron chi connectivity index (χ3n) is 9.46. The topological polar surface area (TPSA) is 142 Å². The molecule has 260 valence electrons. The number of H-pyrrole nitrogens is 2. The molecule has 1 amide bonds. The Morgan fingerprint density at radius 1 is 0.863 bits per heavy atom. The van der Waals surface area contributed by atoms with Crippen LogP contribution in [0, 0.1) is 6.92 Å². The van der Waals surface area contributed by atoms with Crippen LogP contribution in [0.5, 0.6) is 0 Å². The predicted octanol–water partition coefficient (Wildman–Crippen LogP) is 7.07. The number of ketones is 2. The normalized spacial score (nSPS) is 14.8. The molecule has 2 aromatic heterocycles. The average Bonchev–Trinajstić information content (AvgIpc) is 3.84. The second kappa shape index (κ2) is 13.7. The summed E-state index contributed by atoms with van der Waals surface area (Å²) in [5.41, 5.74) is 6.59. The summed E-state index contributed by atoms with van der Waals surface area (Å²) in [7, 11) is -3.91. The first kappa shape index (κ1) is 34.1. The molecular formula is C40H38N4O6S. The number of amides is 1. The third-order valence-corrected chi connectivity index (χ3v) is 10.7. The molecule has 1 aliphatic rings. The number of nitrogens with zero attached hydrogens (tertiary/aromatic N) is 2. The number of hydrogen-bond acceptors (Lipinski definition) is 7. The molecule has 10 nitrogen and oxygen atoms in total. The number of carbonyl (C=O) groups excluding carboxylic acids is 3. The van der Waals surface area contributed by atoms with E-state index in [-0.39, 0.29) is 55.8 Å². The molecule has 0 saturated carbocycles. The van der Waals surface area contributed by atoms with Gasteiger partial charge in [0.15, 0.2) is 11.6 Å². The minimum absolute atomic E-state index is 0.0188. The zero-order valence-electron chi connectivity index (χ0n) is 28.7. The Morgan fingerprint density at radius 3 is 2.35 bits per heavy atom. The van der Waals surface area contributed by atoms with Crippen molar-refractivity contribution in [2.45, 2.75) is 39.5 Å². The number of para-hydroxylation sites is 1. The van der Waals surface area contributed by atoms with Crippen LogP contribution in [0.2, 0.25) is 0 Å². The Kier molecular flexibility index (Phi) is 9.17. The monoisotopic (exact) mass is 702 g/mol. The zero-order valence-corrected chi connectivity index (χ0v) is 29.5. The van der Waals surface area contributed by atoms with Gasteiger partial charge in [-0.2, -0.15) is 8.42 Å². The molecule has 51 heavy (non-hydrogen) atoms. The number of fused-ring (bicyclic) bond motifs is 5. The maximum atomic E-state index is 14.2. The van der Waals surface area contributed by atoms with E-state index in [1.165, 1.54) is 6.92 Å². The minimum atomic E-state index is -3.91. The molecule has 0 bridgehead atoms. The molecular weight excluding hydrogens is 665 g/mol. The molecule has 0 aliphatic carbocycles. The number of aliphatic imine (C=N–C) groups is 1. The van der Waals surface area contributed by atoms with E-state index in [0.717, 1.165) is 55.0 Å². The summed E-state index contributed by atoms with van der Waals surface area (Å²) >= 11 is 0. The fourth-order valence-corrected chi connectivity index (χ4v) is 7.89. The quantitative estimate of drug-likeness (QED) is 0.0794. The lowest BCUT2D eigenvalue weighted by atomic mass is 9.93. The first-order chi connectivity index (χ1) is 24.5. The van der Waals surface area contributed by atoms with Gasteiger partial charge in [-0.1, -0.05) is 48.5 Å². The molecule has 11 heteroatoms. The summed E-state index contributed by atoms with van der Waals surface area (Å²) in [6, 6.07) is 27.0. The van der Waals surface area contributed by atoms with Crippen molar-refractivity contribution in [3.63, 3.8) is 0 Å². The summed E-state index contributed by atoms with van der Waals surface area (Å²) in [4.78, 5) is 50.9. The van der Waals surface area contributed by atoms with Crippen molar-refractivity contribution in [1.82, 2.24) is 9.97 Å². The maximum absolute atomic E-state index is 14.2. The largest absolute Gasteiger partial charge is 0.352 e. The van der Waals surface area contributed by atoms with E-state index in [4.69, 9.17) is 4.18 Å². The Bertz CT molecular complexity index is 2460. The van der Waals surface area contributed by atoms with Gasteiger partial charge in [0, 0.05) is 58.5 Å². The van der Waals surface area contributed by atoms with Gasteiger partial charge in [0.05, 0.1) is 24.6 Å². The van der Waals surface area contributed by atoms with Gasteiger partial charge >= 0.3 is 0 Å². The first-order valence-electron chi connectivity index (χ1n) is 16.9. The van der Waals surface area contributed by atoms with E-state index in [9.17, 15) is 22.8 Å². The molecule has 1 atom stereocenters. The highest BCUT2D eigenvalue weighted by Gasteiger charge is 2.36. The van der Waals surface area contributed by atoms with Gasteiger partial charge in [-0.15, -0.1) is 0 Å². The number of nitrogens with one attached hydrogen (secondary N) is 2. The number of aryl methyl sites for hydroxylation is 1. The first-order valence-corrected chi connectivity index (χ1v) is 18.5. The molecule has 1 aliphatic heterocycles. The molecule has 3 heterocycles. The number of Topliss-reactive ketones (excluding diaryl/α,β-unsaturated/α-hetero) is 2. The van der Waals surface area contributed by atoms with E-state index in [1.807, 2.05) is 85.8 Å². The van der Waals surface area contributed by atoms with E-state index in [2.05, 4.69) is 15.0 Å². The number of benzene rings is 4. The van der Waals surface area contributed by atoms with Crippen LogP contribution < -0.4 is 4.90 Å². The summed E-state index contributed by atoms with van der Waals surface area (Å²) < 4.78 is 31.5. The Morgan fingerprint density at radius 2 is 1.57 bits per heavy atom. The van der Waals surface area contributed by atoms with Crippen LogP contribution in [-0.2, 0) is 25.5 Å². The van der Waals surface area contributed by atoms with Crippen molar-refractivity contribution in [3.8, 4) is 0 Å². The van der Waals surface area contributed by atoms with Gasteiger partial charge in [0.2, 0.25) is 0 Å². The van der Waals surface area contributed by atoms with Crippen LogP contribution in [0.25, 0.3) is 32.6 Å². The molecule has 0 radical (unpaired) electrons. The molecule has 7 rings (SSSR count). The van der Waals surface area contributed by atoms with Gasteiger partial charge in [-0.25, -0.2) is 0 Å². The van der Waals surface area contributed by atoms with Gasteiger partial charge in [-0.05, 0) is 84.6 Å². The number of rotatable bonds is 12. The van der Waals surface area contributed by atoms with Gasteiger partial charge < -0.3 is 14.9 Å². The lowest BCUT2D eigenvalue weighted by Crippen LogP contribution is -2.31. The van der Waals surface area contributed by atoms with Gasteiger partial charge in [-0.3, -0.25) is 23.6 Å². The lowest BCUT2D eigenvalue weighted by Gasteiger charge is -2.18. The lowest BCUT2D eigenvalue weighted by molar-refractivity contribution is -0.115. The van der Waals surface area contributed by atoms with E-state index < -0.39 is 16.0 Å². The third kappa shape index (κ3) is 7.13. The SMILES string of the molecule is CC(=O)CN=C(C)CCS(=O)(=O)OCC1CN(C(=O)c2cc3cc(CC(=O)c4cc5ccccc5[nH]4)ccc3[nH]2)c2cc(C)c3ccccc3c21. The van der Waals surface area contributed by atoms with Crippen LogP contribution in [0.4, 0.5) is 5.69 Å². The Labute approximate surface area is 295 Å². The second-order valence-corrected chi connectivity index (χ2v) is 15.1. The molecule has 0 saturated heterocycles. The number of aromatic amines is 2. The second-order valence-electron chi connectivity index (χ2n) is 13.3. The van der Waals surface area contributed by atoms with Crippen LogP contribution in [0.3, 0.4) is 0 Å². The number of hydrogen-bond donors (Lipinski definition) is 2. The standard InChI is InChI=1S/C40H38N4O6S/c1-24-16-37-39(32-10-6-5-9-31(24)32)30(23-50-51(48,49)15-14-25(2)41-21-26(3)45)22-44(37)40(47)36-20-29-17-27(12-13-34(29)43-36)18-38(46)35-19-28-8-4-7-11-33(28)42-35/h4-13,16-17,19-20,30,42-43H,14-15,18,21-23H2,1-3H3. The van der Waals surface area contributed by atoms with E-state index >= 15 is 0 Å². The highest BCUT2D eigenvalue weighted by Crippen LogP contribution is 2.43. The van der Waals surface area contributed by atoms with E-state index in [0.29, 0.717) is 17.1 Å². The fraction of sp³-hybridized carbons (Fsp3) is 0.250. The van der Waals surface area contributed by atoms with Gasteiger partial charge in [0.25, 0.3) is 16.0 Å². The van der Waals surface area contributed by atoms with Crippen LogP contribution in [-0.4, -0.2) is 67.0 Å². The summed E-state index contributed by atoms with van der Waals surface area (Å²) in [5.74, 6) is -1.04. The summed E-state index contributed by atoms with van der Waals surface area (Å²) in [6.07, 6.45) is 0.362. The number of anilines is 1. The number of carbonyl (C=O) groups is 3. The molecule has 6 aromatic rings. The summed E-state index contributed by atoms with van der Waals surface area (Å²) in [5, 5.41) is 3.76. The predicted molar refractivity (Wildman–Crippen MR) is 201 cm³/mol. The van der Waals surface area contributed by atoms with Crippen molar-refractivity contribution in [1.29, 1.82) is 0 Å². The van der Waals surface area contributed by atoms with Crippen molar-refractivity contribution in [2.24, 2.45) is 4.99 Å². The molecule has 2 N–H and O–H groups in total. The highest BCUT2D eigenvalue weighted by molar-refractivity contribution is 7.86. The van der Waals surface area contributed by atoms with Crippen LogP contribution >= 0.6 is 0 Å². The van der Waals surface area contributed by atoms with Crippen molar-refractivity contribution < 1.29 is 27.0 Å². The summed E-state index contributed by atoms with van der Waals surface area (Å²) in [6.45, 7) is 5.24. The van der Waals surface area contributed by atoms with Crippen LogP contribution in [0.15, 0.2) is 89.9 Å². The average molecular weight is 703 g/mol. The van der Waals surface area contributed by atoms with Gasteiger partial charge in [0.1, 0.15) is 5.69 Å². The maximum Gasteiger partial charge on any atom is 0.274 e. The molecule has 0 fully saturated rings. The Balaban J connectivity index is 1.12. The van der Waals surface area contributed by atoms with Crippen molar-refractivity contribution >= 4 is 71.6 Å². The highest BCUT2D eigenvalue weighted by atomic mass is 32.2. The number of aromatic nitrogens is 2.